The van der Waals surface area contributed by atoms with E-state index in [1.54, 1.807) is 91.9 Å². The molecule has 0 fully saturated rings. The number of fused-ring (bicyclic) bond motifs is 1. The summed E-state index contributed by atoms with van der Waals surface area (Å²) in [6.45, 7) is 23.1. The van der Waals surface area contributed by atoms with Gasteiger partial charge >= 0.3 is 5.97 Å². The second-order valence-corrected chi connectivity index (χ2v) is 34.9. The molecule has 1 heterocycles. The molecule has 708 valence electrons. The summed E-state index contributed by atoms with van der Waals surface area (Å²) >= 11 is 0. The van der Waals surface area contributed by atoms with Crippen molar-refractivity contribution >= 4 is 99.6 Å². The summed E-state index contributed by atoms with van der Waals surface area (Å²) in [5.74, 6) is -14.0. The first-order valence-electron chi connectivity index (χ1n) is 45.0. The van der Waals surface area contributed by atoms with E-state index < -0.39 is 198 Å². The van der Waals surface area contributed by atoms with Crippen molar-refractivity contribution in [2.45, 2.75) is 309 Å². The number of aromatic amines is 1. The van der Waals surface area contributed by atoms with Gasteiger partial charge < -0.3 is 119 Å². The summed E-state index contributed by atoms with van der Waals surface area (Å²) in [7, 11) is 0. The Kier molecular flexibility index (Phi) is 51.4. The van der Waals surface area contributed by atoms with Crippen LogP contribution in [0.3, 0.4) is 0 Å². The zero-order valence-electron chi connectivity index (χ0n) is 76.4. The number of unbranched alkanes of at least 4 members (excludes halogenated alkanes) is 5. The number of nitrogens with two attached hydrogens (primary N) is 6. The van der Waals surface area contributed by atoms with Crippen LogP contribution in [0.15, 0.2) is 60.8 Å². The number of carbonyl (C=O) groups is 15. The average molecular weight is 1770 g/mol. The molecule has 3 aromatic rings. The van der Waals surface area contributed by atoms with Crippen molar-refractivity contribution < 1.29 is 77.0 Å². The molecule has 3 rings (SSSR count). The van der Waals surface area contributed by atoms with Gasteiger partial charge in [-0.2, -0.15) is 0 Å². The minimum Gasteiger partial charge on any atom is -0.480 e. The van der Waals surface area contributed by atoms with Crippen LogP contribution < -0.4 is 109 Å². The monoisotopic (exact) mass is 1770 g/mol. The zero-order valence-corrected chi connectivity index (χ0v) is 76.4. The number of amides is 14. The maximum Gasteiger partial charge on any atom is 0.326 e. The van der Waals surface area contributed by atoms with Crippen molar-refractivity contribution in [1.29, 1.82) is 0 Å². The normalized spacial score (nSPS) is 15.1. The van der Waals surface area contributed by atoms with Gasteiger partial charge in [0.25, 0.3) is 0 Å². The van der Waals surface area contributed by atoms with Crippen LogP contribution in [-0.2, 0) is 84.8 Å². The minimum atomic E-state index is -1.39. The Morgan fingerprint density at radius 2 is 0.690 bits per heavy atom. The molecule has 0 spiro atoms. The third kappa shape index (κ3) is 40.2. The van der Waals surface area contributed by atoms with Crippen molar-refractivity contribution in [2.75, 3.05) is 39.3 Å². The number of hydrogen-bond acceptors (Lipinski definition) is 21. The second kappa shape index (κ2) is 58.9. The molecule has 37 heteroatoms. The fraction of sp³-hybridized carbons (Fsp3) is 0.674. The minimum absolute atomic E-state index is 0.00952. The first kappa shape index (κ1) is 110. The van der Waals surface area contributed by atoms with Crippen LogP contribution in [0.25, 0.3) is 10.9 Å². The number of hydrogen-bond donors (Lipinski definition) is 22. The van der Waals surface area contributed by atoms with Crippen molar-refractivity contribution in [3.8, 4) is 0 Å². The van der Waals surface area contributed by atoms with Crippen molar-refractivity contribution in [3.63, 3.8) is 0 Å². The lowest BCUT2D eigenvalue weighted by molar-refractivity contribution is -0.143. The number of para-hydroxylation sites is 1. The zero-order chi connectivity index (χ0) is 94.3. The lowest BCUT2D eigenvalue weighted by Gasteiger charge is -2.29. The van der Waals surface area contributed by atoms with Gasteiger partial charge in [0.2, 0.25) is 82.7 Å². The maximum atomic E-state index is 15.0. The Morgan fingerprint density at radius 3 is 1.11 bits per heavy atom. The molecule has 0 radical (unpaired) electrons. The smallest absolute Gasteiger partial charge is 0.326 e. The molecule has 28 N–H and O–H groups in total. The molecule has 0 saturated carbocycles. The highest BCUT2D eigenvalue weighted by Gasteiger charge is 2.39. The maximum absolute atomic E-state index is 15.0. The fourth-order valence-electron chi connectivity index (χ4n) is 14.2. The molecule has 0 bridgehead atoms. The number of carbonyl (C=O) groups excluding carboxylic acids is 14. The molecule has 0 saturated heterocycles. The Bertz CT molecular complexity index is 3920. The molecule has 126 heavy (non-hydrogen) atoms. The van der Waals surface area contributed by atoms with Gasteiger partial charge in [-0.3, -0.25) is 67.1 Å². The highest BCUT2D eigenvalue weighted by atomic mass is 16.4. The van der Waals surface area contributed by atoms with Crippen molar-refractivity contribution in [1.82, 2.24) is 79.4 Å². The van der Waals surface area contributed by atoms with Crippen LogP contribution >= 0.6 is 0 Å². The van der Waals surface area contributed by atoms with E-state index in [4.69, 9.17) is 34.4 Å². The summed E-state index contributed by atoms with van der Waals surface area (Å²) in [5.41, 5.74) is 37.7. The summed E-state index contributed by atoms with van der Waals surface area (Å²) in [5, 5.41) is 48.9. The number of carboxylic acids is 1. The molecule has 0 aliphatic rings. The largest absolute Gasteiger partial charge is 0.480 e. The average Bonchev–Trinajstić information content (AvgIpc) is 1.76. The van der Waals surface area contributed by atoms with Gasteiger partial charge in [-0.25, -0.2) is 4.79 Å². The van der Waals surface area contributed by atoms with E-state index in [1.807, 2.05) is 52.0 Å². The van der Waals surface area contributed by atoms with Gasteiger partial charge in [0.15, 0.2) is 0 Å². The van der Waals surface area contributed by atoms with E-state index in [2.05, 4.69) is 79.4 Å². The Labute approximate surface area is 743 Å². The van der Waals surface area contributed by atoms with Crippen LogP contribution in [0.5, 0.6) is 0 Å². The van der Waals surface area contributed by atoms with Gasteiger partial charge in [-0.1, -0.05) is 144 Å². The lowest BCUT2D eigenvalue weighted by atomic mass is 9.97. The Morgan fingerprint density at radius 1 is 0.349 bits per heavy atom. The molecule has 1 aromatic heterocycles. The van der Waals surface area contributed by atoms with Crippen LogP contribution in [-0.4, -0.2) is 223 Å². The van der Waals surface area contributed by atoms with E-state index in [0.29, 0.717) is 94.7 Å². The molecule has 0 unspecified atom stereocenters. The molecule has 37 nitrogen and oxygen atoms in total. The van der Waals surface area contributed by atoms with Crippen LogP contribution in [0.2, 0.25) is 0 Å². The topological polar surface area (TPSA) is 617 Å². The number of nitrogens with one attached hydrogen (secondary N) is 15. The third-order valence-corrected chi connectivity index (χ3v) is 21.8. The number of aliphatic carboxylic acids is 1. The third-order valence-electron chi connectivity index (χ3n) is 21.8. The molecule has 0 aliphatic heterocycles. The van der Waals surface area contributed by atoms with E-state index in [-0.39, 0.29) is 102 Å². The second-order valence-electron chi connectivity index (χ2n) is 34.9. The van der Waals surface area contributed by atoms with E-state index in [0.717, 1.165) is 10.9 Å². The van der Waals surface area contributed by atoms with Crippen molar-refractivity contribution in [2.24, 2.45) is 69.9 Å². The first-order chi connectivity index (χ1) is 59.7. The van der Waals surface area contributed by atoms with Gasteiger partial charge in [-0.15, -0.1) is 0 Å². The number of aromatic nitrogens is 1. The highest BCUT2D eigenvalue weighted by Crippen LogP contribution is 2.22. The summed E-state index contributed by atoms with van der Waals surface area (Å²) in [6, 6.07) is -1.37. The van der Waals surface area contributed by atoms with Crippen molar-refractivity contribution in [3.05, 3.63) is 71.9 Å². The number of rotatable bonds is 63. The van der Waals surface area contributed by atoms with E-state index in [1.165, 1.54) is 6.92 Å². The van der Waals surface area contributed by atoms with Gasteiger partial charge in [0.1, 0.15) is 78.5 Å². The standard InChI is InChI=1S/C89H151N21O16/c1-14-56(12)75(86(122)97-50-72(111)98-57(13)76(112)108-73(54(8)9)87(123)106-68(45-52(4)5)82(118)102-65(37-23-28-42-93)80(116)109-74(55(10)11)88(124)107-71(89(125)126)46-53(6)7)110-81(117)66(38-24-29-43-94)99-78(114)63(35-21-26-40-91)100-84(120)69(47-58-30-16-15-17-31-58)105-83(119)67(44-51(2)3)104-79(115)64(36-22-27-41-92)101-85(121)70(103-77(113)61(95)33-20-25-39-90)48-59-49-96-62-34-19-18-32-60(59)62/h15-19,30-32,34,49,51-57,61,63-71,73-75,96H,14,20-29,33,35-48,50,90-95H2,1-13H3,(H,97,122)(H,98,111)(H,99,114)(H,100,120)(H,101,121)(H,102,118)(H,103,113)(H,104,115)(H,105,119)(H,106,123)(H,107,124)(H,108,112)(H,109,116)(H,110,117)(H,125,126)/t56-,57-,61-,63-,64-,65-,66-,67-,68-,69-,70-,71-,73-,74-,75-/m0/s1. The van der Waals surface area contributed by atoms with E-state index >= 15 is 4.79 Å². The lowest BCUT2D eigenvalue weighted by Crippen LogP contribution is -2.61. The first-order valence-corrected chi connectivity index (χ1v) is 45.0. The molecule has 14 amide bonds. The Hall–Kier alpha value is -10.2. The van der Waals surface area contributed by atoms with Gasteiger partial charge in [0, 0.05) is 29.9 Å². The fourth-order valence-corrected chi connectivity index (χ4v) is 14.2. The number of carboxylic acid groups (broad SMARTS) is 1. The molecular formula is C89H151N21O16. The Balaban J connectivity index is 1.87. The highest BCUT2D eigenvalue weighted by molar-refractivity contribution is 6.00. The summed E-state index contributed by atoms with van der Waals surface area (Å²) in [4.78, 5) is 216. The van der Waals surface area contributed by atoms with Crippen LogP contribution in [0, 0.1) is 35.5 Å². The number of H-pyrrole nitrogens is 1. The molecule has 2 aromatic carbocycles. The summed E-state index contributed by atoms with van der Waals surface area (Å²) in [6.07, 6.45) is 7.21. The predicted octanol–water partition coefficient (Wildman–Crippen LogP) is 0.945. The molecule has 0 aliphatic carbocycles. The molecule has 15 atom stereocenters. The number of benzene rings is 2. The SMILES string of the molecule is CC[C@H](C)[C@H](NC(=O)[C@H](CCCCN)NC(=O)[C@H](CCCCN)NC(=O)[C@H](Cc1ccccc1)NC(=O)[C@H](CC(C)C)NC(=O)[C@H](CCCCN)NC(=O)[C@H](Cc1c[nH]c2ccccc12)NC(=O)[C@@H](N)CCCCN)C(=O)NCC(=O)N[C@@H](C)C(=O)N[C@H](C(=O)N[C@@H](CC(C)C)C(=O)N[C@@H](CCCCN)C(=O)N[C@H](C(=O)N[C@@H](CC(C)C)C(=O)O)C(C)C)C(C)C. The predicted molar refractivity (Wildman–Crippen MR) is 484 cm³/mol. The van der Waals surface area contributed by atoms with Gasteiger partial charge in [0.05, 0.1) is 12.6 Å². The quantitative estimate of drug-likeness (QED) is 0.0350. The van der Waals surface area contributed by atoms with Gasteiger partial charge in [-0.05, 0) is 202 Å². The molecular weight excluding hydrogens is 1620 g/mol. The van der Waals surface area contributed by atoms with Crippen LogP contribution in [0.1, 0.15) is 223 Å². The van der Waals surface area contributed by atoms with Crippen LogP contribution in [0.4, 0.5) is 0 Å². The summed E-state index contributed by atoms with van der Waals surface area (Å²) < 4.78 is 0. The van der Waals surface area contributed by atoms with E-state index in [9.17, 15) is 72.2 Å².